The minimum Gasteiger partial charge on any atom is -0.387 e. The normalized spacial score (nSPS) is 13.9. The molecule has 112 valence electrons. The molecule has 4 N–H and O–H groups in total. The molecule has 2 aromatic rings. The average Bonchev–Trinajstić information content (AvgIpc) is 2.52. The molecule has 2 unspecified atom stereocenters. The van der Waals surface area contributed by atoms with E-state index >= 15 is 0 Å². The third kappa shape index (κ3) is 4.01. The first-order valence-electron chi connectivity index (χ1n) is 6.81. The predicted octanol–water partition coefficient (Wildman–Crippen LogP) is 0.963. The van der Waals surface area contributed by atoms with Crippen LogP contribution in [-0.2, 0) is 9.53 Å². The zero-order valence-electron chi connectivity index (χ0n) is 12.0. The molecular formula is C16H20N2O3. The van der Waals surface area contributed by atoms with Crippen molar-refractivity contribution < 1.29 is 14.6 Å². The SMILES string of the molecule is COCC(N)C(=O)NCC(O)c1ccc2ccccc2c1. The number of ether oxygens (including phenoxy) is 1. The number of carbonyl (C=O) groups is 1. The number of nitrogens with one attached hydrogen (secondary N) is 1. The lowest BCUT2D eigenvalue weighted by molar-refractivity contribution is -0.123. The van der Waals surface area contributed by atoms with Gasteiger partial charge in [0.05, 0.1) is 12.7 Å². The molecule has 0 fully saturated rings. The Kier molecular flexibility index (Phi) is 5.27. The van der Waals surface area contributed by atoms with Gasteiger partial charge in [-0.25, -0.2) is 0 Å². The van der Waals surface area contributed by atoms with Crippen LogP contribution in [-0.4, -0.2) is 37.3 Å². The summed E-state index contributed by atoms with van der Waals surface area (Å²) in [6.45, 7) is 0.270. The van der Waals surface area contributed by atoms with E-state index in [-0.39, 0.29) is 19.1 Å². The number of hydrogen-bond acceptors (Lipinski definition) is 4. The monoisotopic (exact) mass is 288 g/mol. The van der Waals surface area contributed by atoms with Crippen LogP contribution in [0.1, 0.15) is 11.7 Å². The van der Waals surface area contributed by atoms with Gasteiger partial charge in [0, 0.05) is 13.7 Å². The van der Waals surface area contributed by atoms with Gasteiger partial charge < -0.3 is 20.9 Å². The number of fused-ring (bicyclic) bond motifs is 1. The topological polar surface area (TPSA) is 84.6 Å². The van der Waals surface area contributed by atoms with Crippen LogP contribution < -0.4 is 11.1 Å². The van der Waals surface area contributed by atoms with Crippen LogP contribution in [0.2, 0.25) is 0 Å². The molecule has 0 saturated carbocycles. The zero-order chi connectivity index (χ0) is 15.2. The van der Waals surface area contributed by atoms with Crippen molar-refractivity contribution in [3.05, 3.63) is 48.0 Å². The second-order valence-electron chi connectivity index (χ2n) is 4.93. The summed E-state index contributed by atoms with van der Waals surface area (Å²) in [7, 11) is 1.48. The second-order valence-corrected chi connectivity index (χ2v) is 4.93. The van der Waals surface area contributed by atoms with Gasteiger partial charge in [-0.1, -0.05) is 36.4 Å². The number of nitrogens with two attached hydrogens (primary N) is 1. The van der Waals surface area contributed by atoms with Gasteiger partial charge in [0.1, 0.15) is 6.04 Å². The van der Waals surface area contributed by atoms with Gasteiger partial charge in [-0.05, 0) is 22.4 Å². The molecule has 0 saturated heterocycles. The lowest BCUT2D eigenvalue weighted by Crippen LogP contribution is -2.44. The minimum atomic E-state index is -0.770. The van der Waals surface area contributed by atoms with Crippen LogP contribution >= 0.6 is 0 Å². The number of hydrogen-bond donors (Lipinski definition) is 3. The van der Waals surface area contributed by atoms with Crippen LogP contribution in [0.4, 0.5) is 0 Å². The Bertz CT molecular complexity index is 615. The summed E-state index contributed by atoms with van der Waals surface area (Å²) in [5.41, 5.74) is 6.37. The zero-order valence-corrected chi connectivity index (χ0v) is 12.0. The van der Waals surface area contributed by atoms with Crippen molar-refractivity contribution in [3.63, 3.8) is 0 Å². The van der Waals surface area contributed by atoms with Crippen LogP contribution in [0.25, 0.3) is 10.8 Å². The molecule has 0 radical (unpaired) electrons. The van der Waals surface area contributed by atoms with Crippen LogP contribution in [0.15, 0.2) is 42.5 Å². The summed E-state index contributed by atoms with van der Waals surface area (Å²) in [5, 5.41) is 14.9. The molecule has 21 heavy (non-hydrogen) atoms. The fraction of sp³-hybridized carbons (Fsp3) is 0.312. The van der Waals surface area contributed by atoms with E-state index in [9.17, 15) is 9.90 Å². The lowest BCUT2D eigenvalue weighted by Gasteiger charge is -2.15. The number of aliphatic hydroxyl groups is 1. The van der Waals surface area contributed by atoms with Crippen LogP contribution in [0.3, 0.4) is 0 Å². The molecule has 5 heteroatoms. The number of methoxy groups -OCH3 is 1. The lowest BCUT2D eigenvalue weighted by atomic mass is 10.0. The van der Waals surface area contributed by atoms with E-state index in [1.54, 1.807) is 0 Å². The Hall–Kier alpha value is -1.95. The fourth-order valence-corrected chi connectivity index (χ4v) is 2.12. The maximum absolute atomic E-state index is 11.7. The Balaban J connectivity index is 1.98. The van der Waals surface area contributed by atoms with Crippen molar-refractivity contribution in [2.45, 2.75) is 12.1 Å². The molecular weight excluding hydrogens is 268 g/mol. The highest BCUT2D eigenvalue weighted by molar-refractivity contribution is 5.83. The first-order valence-corrected chi connectivity index (χ1v) is 6.81. The summed E-state index contributed by atoms with van der Waals surface area (Å²) in [5.74, 6) is -0.336. The van der Waals surface area contributed by atoms with E-state index in [0.717, 1.165) is 16.3 Å². The number of aliphatic hydroxyl groups excluding tert-OH is 1. The molecule has 0 aliphatic carbocycles. The van der Waals surface area contributed by atoms with Crippen molar-refractivity contribution in [3.8, 4) is 0 Å². The Morgan fingerprint density at radius 2 is 2.00 bits per heavy atom. The molecule has 5 nitrogen and oxygen atoms in total. The van der Waals surface area contributed by atoms with Gasteiger partial charge in [-0.2, -0.15) is 0 Å². The van der Waals surface area contributed by atoms with Crippen LogP contribution in [0.5, 0.6) is 0 Å². The van der Waals surface area contributed by atoms with Gasteiger partial charge in [0.15, 0.2) is 0 Å². The molecule has 2 rings (SSSR count). The summed E-state index contributed by atoms with van der Waals surface area (Å²) in [4.78, 5) is 11.7. The Labute approximate surface area is 123 Å². The first-order chi connectivity index (χ1) is 10.1. The average molecular weight is 288 g/mol. The first kappa shape index (κ1) is 15.4. The minimum absolute atomic E-state index is 0.120. The molecule has 2 aromatic carbocycles. The molecule has 1 amide bonds. The molecule has 0 aliphatic rings. The third-order valence-electron chi connectivity index (χ3n) is 3.31. The van der Waals surface area contributed by atoms with Crippen molar-refractivity contribution in [2.24, 2.45) is 5.73 Å². The molecule has 0 bridgehead atoms. The Morgan fingerprint density at radius 1 is 1.29 bits per heavy atom. The number of rotatable bonds is 6. The van der Waals surface area contributed by atoms with E-state index in [1.165, 1.54) is 7.11 Å². The molecule has 2 atom stereocenters. The van der Waals surface area contributed by atoms with Crippen molar-refractivity contribution in [2.75, 3.05) is 20.3 Å². The third-order valence-corrected chi connectivity index (χ3v) is 3.31. The fourth-order valence-electron chi connectivity index (χ4n) is 2.12. The summed E-state index contributed by atoms with van der Waals surface area (Å²) in [6.07, 6.45) is -0.770. The van der Waals surface area contributed by atoms with Crippen molar-refractivity contribution in [1.82, 2.24) is 5.32 Å². The summed E-state index contributed by atoms with van der Waals surface area (Å²) >= 11 is 0. The Morgan fingerprint density at radius 3 is 2.71 bits per heavy atom. The number of carbonyl (C=O) groups excluding carboxylic acids is 1. The van der Waals surface area contributed by atoms with Gasteiger partial charge in [-0.3, -0.25) is 4.79 Å². The molecule has 0 heterocycles. The summed E-state index contributed by atoms with van der Waals surface area (Å²) in [6, 6.07) is 12.9. The summed E-state index contributed by atoms with van der Waals surface area (Å²) < 4.78 is 4.82. The van der Waals surface area contributed by atoms with Gasteiger partial charge >= 0.3 is 0 Å². The molecule has 0 aliphatic heterocycles. The second kappa shape index (κ2) is 7.17. The van der Waals surface area contributed by atoms with Crippen molar-refractivity contribution in [1.29, 1.82) is 0 Å². The van der Waals surface area contributed by atoms with E-state index in [1.807, 2.05) is 42.5 Å². The van der Waals surface area contributed by atoms with E-state index in [4.69, 9.17) is 10.5 Å². The maximum atomic E-state index is 11.7. The molecule has 0 spiro atoms. The van der Waals surface area contributed by atoms with E-state index in [2.05, 4.69) is 5.32 Å². The van der Waals surface area contributed by atoms with Gasteiger partial charge in [0.2, 0.25) is 5.91 Å². The standard InChI is InChI=1S/C16H20N2O3/c1-21-10-14(17)16(20)18-9-15(19)13-7-6-11-4-2-3-5-12(11)8-13/h2-8,14-15,19H,9-10,17H2,1H3,(H,18,20). The van der Waals surface area contributed by atoms with Crippen molar-refractivity contribution >= 4 is 16.7 Å². The molecule has 0 aromatic heterocycles. The maximum Gasteiger partial charge on any atom is 0.239 e. The van der Waals surface area contributed by atoms with Gasteiger partial charge in [0.25, 0.3) is 0 Å². The highest BCUT2D eigenvalue weighted by atomic mass is 16.5. The van der Waals surface area contributed by atoms with Crippen LogP contribution in [0, 0.1) is 0 Å². The van der Waals surface area contributed by atoms with E-state index < -0.39 is 12.1 Å². The predicted molar refractivity (Wildman–Crippen MR) is 81.8 cm³/mol. The largest absolute Gasteiger partial charge is 0.387 e. The highest BCUT2D eigenvalue weighted by Gasteiger charge is 2.15. The van der Waals surface area contributed by atoms with E-state index in [0.29, 0.717) is 0 Å². The van der Waals surface area contributed by atoms with Gasteiger partial charge in [-0.15, -0.1) is 0 Å². The number of amides is 1. The smallest absolute Gasteiger partial charge is 0.239 e. The quantitative estimate of drug-likeness (QED) is 0.739. The number of benzene rings is 2. The highest BCUT2D eigenvalue weighted by Crippen LogP contribution is 2.20.